The topological polar surface area (TPSA) is 185 Å². The van der Waals surface area contributed by atoms with E-state index in [0.717, 1.165) is 0 Å². The lowest BCUT2D eigenvalue weighted by atomic mass is 10.1. The molecule has 5 aromatic rings. The first-order chi connectivity index (χ1) is 23.1. The Labute approximate surface area is 272 Å². The Balaban J connectivity index is 1.14. The van der Waals surface area contributed by atoms with Crippen LogP contribution in [-0.2, 0) is 0 Å². The van der Waals surface area contributed by atoms with Gasteiger partial charge in [0.2, 0.25) is 0 Å². The number of esters is 2. The molecular formula is C36H24N2O10. The van der Waals surface area contributed by atoms with Crippen molar-refractivity contribution in [1.29, 1.82) is 0 Å². The number of ether oxygens (including phenoxy) is 2. The van der Waals surface area contributed by atoms with Crippen LogP contribution < -0.4 is 20.1 Å². The first-order valence-corrected chi connectivity index (χ1v) is 14.1. The van der Waals surface area contributed by atoms with Crippen LogP contribution in [0.2, 0.25) is 0 Å². The number of carbonyl (C=O) groups is 6. The first-order valence-electron chi connectivity index (χ1n) is 14.1. The second-order valence-electron chi connectivity index (χ2n) is 10.0. The lowest BCUT2D eigenvalue weighted by Crippen LogP contribution is -2.15. The molecule has 48 heavy (non-hydrogen) atoms. The zero-order valence-electron chi connectivity index (χ0n) is 24.7. The van der Waals surface area contributed by atoms with E-state index in [2.05, 4.69) is 10.6 Å². The molecule has 0 atom stereocenters. The van der Waals surface area contributed by atoms with Gasteiger partial charge >= 0.3 is 23.9 Å². The molecule has 0 aliphatic rings. The highest BCUT2D eigenvalue weighted by molar-refractivity contribution is 6.08. The second-order valence-corrected chi connectivity index (χ2v) is 10.0. The third-order valence-corrected chi connectivity index (χ3v) is 6.82. The standard InChI is InChI=1S/C36H24N2O10/c39-31(37-29-7-3-1-5-27(29)33(41)42)21-13-17-25(18-14-21)47-35(45)23-9-11-24(12-10-23)36(46)48-26-19-15-22(16-20-26)32(40)38-30-8-4-2-6-28(30)34(43)44/h1-20H,(H,37,39)(H,38,40)(H,41,42)(H,43,44). The van der Waals surface area contributed by atoms with Crippen LogP contribution in [0.5, 0.6) is 11.5 Å². The Kier molecular flexibility index (Phi) is 9.66. The molecule has 0 saturated carbocycles. The zero-order chi connectivity index (χ0) is 34.2. The van der Waals surface area contributed by atoms with E-state index >= 15 is 0 Å². The van der Waals surface area contributed by atoms with E-state index in [9.17, 15) is 39.0 Å². The predicted molar refractivity (Wildman–Crippen MR) is 172 cm³/mol. The molecule has 0 heterocycles. The fraction of sp³-hybridized carbons (Fsp3) is 0. The molecule has 0 fully saturated rings. The minimum absolute atomic E-state index is 0.0601. The van der Waals surface area contributed by atoms with Crippen LogP contribution >= 0.6 is 0 Å². The van der Waals surface area contributed by atoms with Gasteiger partial charge in [-0.15, -0.1) is 0 Å². The molecule has 0 aliphatic heterocycles. The molecule has 5 aromatic carbocycles. The van der Waals surface area contributed by atoms with E-state index in [1.54, 1.807) is 24.3 Å². The van der Waals surface area contributed by atoms with E-state index in [0.29, 0.717) is 0 Å². The molecule has 0 saturated heterocycles. The van der Waals surface area contributed by atoms with E-state index < -0.39 is 35.7 Å². The van der Waals surface area contributed by atoms with Crippen molar-refractivity contribution in [2.45, 2.75) is 0 Å². The van der Waals surface area contributed by atoms with E-state index in [4.69, 9.17) is 9.47 Å². The van der Waals surface area contributed by atoms with Crippen molar-refractivity contribution in [3.63, 3.8) is 0 Å². The Morgan fingerprint density at radius 3 is 1.06 bits per heavy atom. The van der Waals surface area contributed by atoms with Gasteiger partial charge in [0.05, 0.1) is 33.6 Å². The molecule has 0 bridgehead atoms. The lowest BCUT2D eigenvalue weighted by Gasteiger charge is -2.10. The molecular weight excluding hydrogens is 620 g/mol. The highest BCUT2D eigenvalue weighted by Gasteiger charge is 2.17. The van der Waals surface area contributed by atoms with Crippen LogP contribution in [0.3, 0.4) is 0 Å². The normalized spacial score (nSPS) is 10.3. The molecule has 0 spiro atoms. The van der Waals surface area contributed by atoms with Crippen LogP contribution in [0.1, 0.15) is 62.1 Å². The summed E-state index contributed by atoms with van der Waals surface area (Å²) in [5.74, 6) is -4.62. The zero-order valence-corrected chi connectivity index (χ0v) is 24.7. The Morgan fingerprint density at radius 1 is 0.417 bits per heavy atom. The number of anilines is 2. The number of hydrogen-bond donors (Lipinski definition) is 4. The molecule has 0 aliphatic carbocycles. The van der Waals surface area contributed by atoms with Gasteiger partial charge in [0.15, 0.2) is 0 Å². The van der Waals surface area contributed by atoms with Crippen LogP contribution in [0.15, 0.2) is 121 Å². The Morgan fingerprint density at radius 2 is 0.729 bits per heavy atom. The third kappa shape index (κ3) is 7.76. The SMILES string of the molecule is O=C(Nc1ccccc1C(=O)O)c1ccc(OC(=O)c2ccc(C(=O)Oc3ccc(C(=O)Nc4ccccc4C(=O)O)cc3)cc2)cc1. The van der Waals surface area contributed by atoms with Crippen LogP contribution in [0, 0.1) is 0 Å². The van der Waals surface area contributed by atoms with Crippen LogP contribution in [-0.4, -0.2) is 45.9 Å². The van der Waals surface area contributed by atoms with Crippen molar-refractivity contribution < 1.29 is 48.5 Å². The van der Waals surface area contributed by atoms with E-state index in [1.165, 1.54) is 97.1 Å². The maximum Gasteiger partial charge on any atom is 0.343 e. The van der Waals surface area contributed by atoms with Crippen molar-refractivity contribution in [2.75, 3.05) is 10.6 Å². The van der Waals surface area contributed by atoms with Gasteiger partial charge in [0.1, 0.15) is 11.5 Å². The van der Waals surface area contributed by atoms with Gasteiger partial charge in [-0.2, -0.15) is 0 Å². The van der Waals surface area contributed by atoms with Gasteiger partial charge < -0.3 is 30.3 Å². The fourth-order valence-corrected chi connectivity index (χ4v) is 4.37. The number of carbonyl (C=O) groups excluding carboxylic acids is 4. The maximum atomic E-state index is 12.7. The molecule has 5 rings (SSSR count). The van der Waals surface area contributed by atoms with E-state index in [-0.39, 0.29) is 56.3 Å². The largest absolute Gasteiger partial charge is 0.478 e. The Hall–Kier alpha value is -7.08. The van der Waals surface area contributed by atoms with Crippen molar-refractivity contribution in [3.05, 3.63) is 155 Å². The molecule has 238 valence electrons. The number of carboxylic acid groups (broad SMARTS) is 2. The number of para-hydroxylation sites is 2. The Bertz CT molecular complexity index is 1890. The number of hydrogen-bond acceptors (Lipinski definition) is 8. The summed E-state index contributed by atoms with van der Waals surface area (Å²) < 4.78 is 10.7. The number of nitrogens with one attached hydrogen (secondary N) is 2. The van der Waals surface area contributed by atoms with Gasteiger partial charge in [-0.3, -0.25) is 9.59 Å². The lowest BCUT2D eigenvalue weighted by molar-refractivity contribution is 0.0687. The molecule has 0 radical (unpaired) electrons. The highest BCUT2D eigenvalue weighted by atomic mass is 16.5. The minimum Gasteiger partial charge on any atom is -0.478 e. The summed E-state index contributed by atoms with van der Waals surface area (Å²) in [4.78, 5) is 73.3. The molecule has 12 nitrogen and oxygen atoms in total. The van der Waals surface area contributed by atoms with Crippen LogP contribution in [0.25, 0.3) is 0 Å². The van der Waals surface area contributed by atoms with Gasteiger partial charge in [-0.25, -0.2) is 19.2 Å². The summed E-state index contributed by atoms with van der Waals surface area (Å²) in [6.07, 6.45) is 0. The van der Waals surface area contributed by atoms with Crippen molar-refractivity contribution in [2.24, 2.45) is 0 Å². The number of benzene rings is 5. The predicted octanol–water partition coefficient (Wildman–Crippen LogP) is 6.03. The van der Waals surface area contributed by atoms with Gasteiger partial charge in [-0.05, 0) is 97.1 Å². The first kappa shape index (κ1) is 32.3. The number of amides is 2. The van der Waals surface area contributed by atoms with Gasteiger partial charge in [0, 0.05) is 11.1 Å². The smallest absolute Gasteiger partial charge is 0.343 e. The molecule has 12 heteroatoms. The van der Waals surface area contributed by atoms with Crippen molar-refractivity contribution >= 4 is 47.1 Å². The molecule has 0 unspecified atom stereocenters. The molecule has 2 amide bonds. The monoisotopic (exact) mass is 644 g/mol. The summed E-state index contributed by atoms with van der Waals surface area (Å²) in [6.45, 7) is 0. The fourth-order valence-electron chi connectivity index (χ4n) is 4.37. The van der Waals surface area contributed by atoms with Crippen molar-refractivity contribution in [1.82, 2.24) is 0 Å². The second kappa shape index (κ2) is 14.3. The summed E-state index contributed by atoms with van der Waals surface area (Å²) in [5.41, 5.74) is 0.841. The third-order valence-electron chi connectivity index (χ3n) is 6.82. The van der Waals surface area contributed by atoms with Gasteiger partial charge in [-0.1, -0.05) is 24.3 Å². The highest BCUT2D eigenvalue weighted by Crippen LogP contribution is 2.21. The average Bonchev–Trinajstić information content (AvgIpc) is 3.09. The molecule has 0 aromatic heterocycles. The summed E-state index contributed by atoms with van der Waals surface area (Å²) in [7, 11) is 0. The quantitative estimate of drug-likeness (QED) is 0.103. The number of carboxylic acids is 2. The molecule has 4 N–H and O–H groups in total. The van der Waals surface area contributed by atoms with Crippen LogP contribution in [0.4, 0.5) is 11.4 Å². The summed E-state index contributed by atoms with van der Waals surface area (Å²) >= 11 is 0. The van der Waals surface area contributed by atoms with Crippen molar-refractivity contribution in [3.8, 4) is 11.5 Å². The number of aromatic carboxylic acids is 2. The number of rotatable bonds is 10. The van der Waals surface area contributed by atoms with Gasteiger partial charge in [0.25, 0.3) is 11.8 Å². The van der Waals surface area contributed by atoms with E-state index in [1.807, 2.05) is 0 Å². The summed E-state index contributed by atoms with van der Waals surface area (Å²) in [6, 6.07) is 28.8. The summed E-state index contributed by atoms with van der Waals surface area (Å²) in [5, 5.41) is 23.7. The minimum atomic E-state index is -1.18. The maximum absolute atomic E-state index is 12.7. The average molecular weight is 645 g/mol.